The van der Waals surface area contributed by atoms with E-state index in [1.165, 1.54) is 6.07 Å². The molecule has 0 atom stereocenters. The van der Waals surface area contributed by atoms with Gasteiger partial charge in [-0.05, 0) is 37.3 Å². The smallest absolute Gasteiger partial charge is 0.128 e. The van der Waals surface area contributed by atoms with Gasteiger partial charge in [0.1, 0.15) is 5.82 Å². The number of rotatable bonds is 4. The van der Waals surface area contributed by atoms with Crippen LogP contribution in [0.5, 0.6) is 0 Å². The van der Waals surface area contributed by atoms with Gasteiger partial charge in [0, 0.05) is 23.7 Å². The van der Waals surface area contributed by atoms with Crippen LogP contribution >= 0.6 is 11.6 Å². The molecule has 0 unspecified atom stereocenters. The Labute approximate surface area is 117 Å². The number of halogens is 2. The van der Waals surface area contributed by atoms with E-state index in [0.717, 1.165) is 12.2 Å². The summed E-state index contributed by atoms with van der Waals surface area (Å²) < 4.78 is 13.8. The third-order valence-electron chi connectivity index (χ3n) is 3.03. The molecule has 2 aromatic carbocycles. The molecule has 0 heterocycles. The number of nitrogens with two attached hydrogens (primary N) is 1. The van der Waals surface area contributed by atoms with E-state index in [4.69, 9.17) is 17.3 Å². The molecule has 0 saturated carbocycles. The topological polar surface area (TPSA) is 29.3 Å². The van der Waals surface area contributed by atoms with E-state index >= 15 is 0 Å². The lowest BCUT2D eigenvalue weighted by atomic mass is 10.1. The van der Waals surface area contributed by atoms with Crippen LogP contribution in [0, 0.1) is 5.82 Å². The van der Waals surface area contributed by atoms with Crippen molar-refractivity contribution >= 4 is 23.0 Å². The normalized spacial score (nSPS) is 10.5. The molecule has 2 N–H and O–H groups in total. The highest BCUT2D eigenvalue weighted by Gasteiger charge is 2.11. The average molecular weight is 279 g/mol. The number of benzene rings is 2. The molecule has 2 nitrogen and oxygen atoms in total. The second-order valence-corrected chi connectivity index (χ2v) is 4.75. The zero-order valence-corrected chi connectivity index (χ0v) is 11.5. The highest BCUT2D eigenvalue weighted by Crippen LogP contribution is 2.25. The molecule has 100 valence electrons. The quantitative estimate of drug-likeness (QED) is 0.854. The van der Waals surface area contributed by atoms with Crippen molar-refractivity contribution in [1.82, 2.24) is 0 Å². The molecule has 0 spiro atoms. The maximum Gasteiger partial charge on any atom is 0.128 e. The van der Waals surface area contributed by atoms with Gasteiger partial charge in [0.2, 0.25) is 0 Å². The molecular weight excluding hydrogens is 263 g/mol. The average Bonchev–Trinajstić information content (AvgIpc) is 2.41. The predicted octanol–water partition coefficient (Wildman–Crippen LogP) is 4.09. The summed E-state index contributed by atoms with van der Waals surface area (Å²) >= 11 is 5.91. The van der Waals surface area contributed by atoms with Gasteiger partial charge < -0.3 is 10.6 Å². The van der Waals surface area contributed by atoms with E-state index in [2.05, 4.69) is 0 Å². The zero-order chi connectivity index (χ0) is 13.8. The molecule has 2 rings (SSSR count). The van der Waals surface area contributed by atoms with Crippen molar-refractivity contribution in [2.45, 2.75) is 13.5 Å². The molecular formula is C15H16ClFN2. The van der Waals surface area contributed by atoms with Crippen molar-refractivity contribution in [1.29, 1.82) is 0 Å². The summed E-state index contributed by atoms with van der Waals surface area (Å²) in [6.45, 7) is 3.19. The van der Waals surface area contributed by atoms with Gasteiger partial charge >= 0.3 is 0 Å². The third kappa shape index (κ3) is 3.18. The van der Waals surface area contributed by atoms with Crippen LogP contribution in [0.15, 0.2) is 42.5 Å². The number of para-hydroxylation sites is 2. The summed E-state index contributed by atoms with van der Waals surface area (Å²) in [6, 6.07) is 12.2. The maximum atomic E-state index is 13.8. The first-order chi connectivity index (χ1) is 9.11. The van der Waals surface area contributed by atoms with Crippen molar-refractivity contribution in [3.8, 4) is 0 Å². The molecule has 19 heavy (non-hydrogen) atoms. The van der Waals surface area contributed by atoms with Crippen molar-refractivity contribution in [2.24, 2.45) is 0 Å². The molecule has 0 aromatic heterocycles. The van der Waals surface area contributed by atoms with Crippen LogP contribution in [0.25, 0.3) is 0 Å². The molecule has 0 amide bonds. The first kappa shape index (κ1) is 13.7. The Bertz CT molecular complexity index is 572. The van der Waals surface area contributed by atoms with Crippen LogP contribution in [-0.2, 0) is 6.54 Å². The molecule has 0 bridgehead atoms. The van der Waals surface area contributed by atoms with E-state index in [1.807, 2.05) is 36.1 Å². The van der Waals surface area contributed by atoms with Gasteiger partial charge in [-0.25, -0.2) is 4.39 Å². The summed E-state index contributed by atoms with van der Waals surface area (Å²) in [7, 11) is 0. The largest absolute Gasteiger partial charge is 0.397 e. The third-order valence-corrected chi connectivity index (χ3v) is 3.26. The second kappa shape index (κ2) is 5.93. The molecule has 0 fully saturated rings. The molecule has 4 heteroatoms. The Hall–Kier alpha value is -1.74. The van der Waals surface area contributed by atoms with E-state index < -0.39 is 0 Å². The van der Waals surface area contributed by atoms with E-state index in [0.29, 0.717) is 22.8 Å². The van der Waals surface area contributed by atoms with Crippen molar-refractivity contribution in [3.05, 3.63) is 58.9 Å². The Morgan fingerprint density at radius 3 is 2.63 bits per heavy atom. The Balaban J connectivity index is 2.29. The van der Waals surface area contributed by atoms with E-state index in [-0.39, 0.29) is 5.82 Å². The number of nitrogen functional groups attached to an aromatic ring is 1. The van der Waals surface area contributed by atoms with E-state index in [9.17, 15) is 4.39 Å². The minimum Gasteiger partial charge on any atom is -0.397 e. The monoisotopic (exact) mass is 278 g/mol. The summed E-state index contributed by atoms with van der Waals surface area (Å²) in [5, 5.41) is 0.536. The number of hydrogen-bond donors (Lipinski definition) is 1. The second-order valence-electron chi connectivity index (χ2n) is 4.31. The Kier molecular flexibility index (Phi) is 4.27. The van der Waals surface area contributed by atoms with Gasteiger partial charge in [0.25, 0.3) is 0 Å². The lowest BCUT2D eigenvalue weighted by Crippen LogP contribution is -2.23. The molecule has 0 aliphatic carbocycles. The van der Waals surface area contributed by atoms with Crippen molar-refractivity contribution in [3.63, 3.8) is 0 Å². The summed E-state index contributed by atoms with van der Waals surface area (Å²) in [5.74, 6) is -0.252. The first-order valence-corrected chi connectivity index (χ1v) is 6.53. The molecule has 0 radical (unpaired) electrons. The highest BCUT2D eigenvalue weighted by molar-refractivity contribution is 6.30. The Morgan fingerprint density at radius 1 is 1.21 bits per heavy atom. The SMILES string of the molecule is CCN(Cc1cc(Cl)ccc1F)c1ccccc1N. The Morgan fingerprint density at radius 2 is 1.95 bits per heavy atom. The maximum absolute atomic E-state index is 13.8. The number of hydrogen-bond acceptors (Lipinski definition) is 2. The van der Waals surface area contributed by atoms with Gasteiger partial charge in [0.05, 0.1) is 11.4 Å². The van der Waals surface area contributed by atoms with Gasteiger partial charge in [-0.3, -0.25) is 0 Å². The fourth-order valence-electron chi connectivity index (χ4n) is 2.01. The van der Waals surface area contributed by atoms with Crippen LogP contribution in [0.4, 0.5) is 15.8 Å². The van der Waals surface area contributed by atoms with Gasteiger partial charge in [-0.15, -0.1) is 0 Å². The molecule has 0 aliphatic heterocycles. The fraction of sp³-hybridized carbons (Fsp3) is 0.200. The minimum absolute atomic E-state index is 0.252. The lowest BCUT2D eigenvalue weighted by molar-refractivity contribution is 0.605. The molecule has 2 aromatic rings. The molecule has 0 saturated heterocycles. The van der Waals surface area contributed by atoms with Gasteiger partial charge in [0.15, 0.2) is 0 Å². The number of nitrogens with zero attached hydrogens (tertiary/aromatic N) is 1. The summed E-state index contributed by atoms with van der Waals surface area (Å²) in [5.41, 5.74) is 8.12. The first-order valence-electron chi connectivity index (χ1n) is 6.15. The standard InChI is InChI=1S/C15H16ClFN2/c1-2-19(15-6-4-3-5-14(15)18)10-11-9-12(16)7-8-13(11)17/h3-9H,2,10,18H2,1H3. The number of anilines is 2. The van der Waals surface area contributed by atoms with E-state index in [1.54, 1.807) is 12.1 Å². The lowest BCUT2D eigenvalue weighted by Gasteiger charge is -2.25. The summed E-state index contributed by atoms with van der Waals surface area (Å²) in [6.07, 6.45) is 0. The van der Waals surface area contributed by atoms with Crippen LogP contribution in [0.2, 0.25) is 5.02 Å². The van der Waals surface area contributed by atoms with Crippen LogP contribution < -0.4 is 10.6 Å². The van der Waals surface area contributed by atoms with Crippen molar-refractivity contribution in [2.75, 3.05) is 17.2 Å². The van der Waals surface area contributed by atoms with Gasteiger partial charge in [-0.2, -0.15) is 0 Å². The highest BCUT2D eigenvalue weighted by atomic mass is 35.5. The predicted molar refractivity (Wildman–Crippen MR) is 79.0 cm³/mol. The summed E-state index contributed by atoms with van der Waals surface area (Å²) in [4.78, 5) is 2.02. The van der Waals surface area contributed by atoms with Crippen LogP contribution in [0.1, 0.15) is 12.5 Å². The van der Waals surface area contributed by atoms with Crippen LogP contribution in [-0.4, -0.2) is 6.54 Å². The van der Waals surface area contributed by atoms with Crippen molar-refractivity contribution < 1.29 is 4.39 Å². The van der Waals surface area contributed by atoms with Gasteiger partial charge in [-0.1, -0.05) is 23.7 Å². The fourth-order valence-corrected chi connectivity index (χ4v) is 2.21. The van der Waals surface area contributed by atoms with Crippen LogP contribution in [0.3, 0.4) is 0 Å². The zero-order valence-electron chi connectivity index (χ0n) is 10.7. The minimum atomic E-state index is -0.252. The molecule has 0 aliphatic rings.